The van der Waals surface area contributed by atoms with E-state index in [4.69, 9.17) is 28.5 Å². The van der Waals surface area contributed by atoms with Crippen molar-refractivity contribution < 1.29 is 47.3 Å². The summed E-state index contributed by atoms with van der Waals surface area (Å²) in [5, 5.41) is 32.0. The van der Waals surface area contributed by atoms with Crippen LogP contribution in [0, 0.1) is 28.6 Å². The van der Waals surface area contributed by atoms with E-state index in [9.17, 15) is 29.9 Å². The molecule has 5 unspecified atom stereocenters. The van der Waals surface area contributed by atoms with Gasteiger partial charge >= 0.3 is 20.7 Å². The van der Waals surface area contributed by atoms with Crippen molar-refractivity contribution in [1.29, 1.82) is 5.26 Å². The van der Waals surface area contributed by atoms with Crippen LogP contribution < -0.4 is 11.1 Å². The van der Waals surface area contributed by atoms with E-state index >= 15 is 0 Å². The Balaban J connectivity index is 4.44. The minimum atomic E-state index is -2.77. The van der Waals surface area contributed by atoms with Crippen LogP contribution in [0.25, 0.3) is 0 Å². The predicted molar refractivity (Wildman–Crippen MR) is 169 cm³/mol. The number of nitrogens with zero attached hydrogens (tertiary/aromatic N) is 1. The van der Waals surface area contributed by atoms with Crippen molar-refractivity contribution in [2.75, 3.05) is 51.1 Å². The summed E-state index contributed by atoms with van der Waals surface area (Å²) in [6.07, 6.45) is -0.801. The Hall–Kier alpha value is -1.77. The zero-order valence-corrected chi connectivity index (χ0v) is 29.1. The topological polar surface area (TPSA) is 200 Å². The number of carbonyl (C=O) groups is 3. The maximum atomic E-state index is 12.5. The molecule has 0 saturated carbocycles. The van der Waals surface area contributed by atoms with Crippen LogP contribution >= 0.6 is 11.8 Å². The van der Waals surface area contributed by atoms with Crippen molar-refractivity contribution in [1.82, 2.24) is 5.32 Å². The van der Waals surface area contributed by atoms with Crippen LogP contribution in [0.4, 0.5) is 0 Å². The van der Waals surface area contributed by atoms with Crippen LogP contribution in [0.2, 0.25) is 6.04 Å². The fraction of sp³-hybridized carbons (Fsp3) is 0.862. The number of aliphatic hydroxyl groups excluding tert-OH is 2. The van der Waals surface area contributed by atoms with Crippen LogP contribution in [0.1, 0.15) is 73.6 Å². The lowest BCUT2D eigenvalue weighted by Crippen LogP contribution is -2.46. The van der Waals surface area contributed by atoms with E-state index in [1.54, 1.807) is 20.8 Å². The first-order valence-corrected chi connectivity index (χ1v) is 18.5. The van der Waals surface area contributed by atoms with E-state index in [1.165, 1.54) is 11.8 Å². The first-order valence-electron chi connectivity index (χ1n) is 15.4. The maximum Gasteiger partial charge on any atom is 0.500 e. The fourth-order valence-electron chi connectivity index (χ4n) is 4.13. The van der Waals surface area contributed by atoms with E-state index in [0.29, 0.717) is 50.3 Å². The number of aliphatic hydroxyl groups is 2. The number of rotatable bonds is 26. The summed E-state index contributed by atoms with van der Waals surface area (Å²) < 4.78 is 27.7. The van der Waals surface area contributed by atoms with Crippen molar-refractivity contribution in [3.8, 4) is 6.07 Å². The average molecular weight is 666 g/mol. The largest absolute Gasteiger partial charge is 0.500 e. The van der Waals surface area contributed by atoms with Crippen LogP contribution in [-0.2, 0) is 37.1 Å². The SMILES string of the molecule is CCO[Si](CCCNC(=O)CCC(C)(C#N)CC(C)C(=O)OCC(O)COC(=O)CCSCC(C)C(N)O)(OCC)OCC. The molecule has 5 atom stereocenters. The number of nitrogens with two attached hydrogens (primary N) is 1. The van der Waals surface area contributed by atoms with E-state index in [2.05, 4.69) is 11.4 Å². The minimum absolute atomic E-state index is 0.0996. The molecular formula is C29H55N3O10SSi. The summed E-state index contributed by atoms with van der Waals surface area (Å²) >= 11 is 1.46. The second kappa shape index (κ2) is 23.5. The lowest BCUT2D eigenvalue weighted by Gasteiger charge is -2.28. The molecule has 0 aliphatic carbocycles. The monoisotopic (exact) mass is 665 g/mol. The number of hydrogen-bond acceptors (Lipinski definition) is 13. The van der Waals surface area contributed by atoms with Crippen molar-refractivity contribution in [3.05, 3.63) is 0 Å². The summed E-state index contributed by atoms with van der Waals surface area (Å²) in [7, 11) is -2.77. The Labute approximate surface area is 268 Å². The lowest BCUT2D eigenvalue weighted by atomic mass is 9.79. The molecule has 5 N–H and O–H groups in total. The lowest BCUT2D eigenvalue weighted by molar-refractivity contribution is -0.155. The highest BCUT2D eigenvalue weighted by molar-refractivity contribution is 7.99. The molecule has 256 valence electrons. The molecule has 1 amide bonds. The molecule has 0 bridgehead atoms. The highest BCUT2D eigenvalue weighted by Crippen LogP contribution is 2.31. The van der Waals surface area contributed by atoms with Crippen molar-refractivity contribution in [2.45, 2.75) is 92.0 Å². The number of nitriles is 1. The number of amides is 1. The Morgan fingerprint density at radius 3 is 2.16 bits per heavy atom. The van der Waals surface area contributed by atoms with E-state index in [0.717, 1.165) is 0 Å². The van der Waals surface area contributed by atoms with Gasteiger partial charge in [0.15, 0.2) is 0 Å². The van der Waals surface area contributed by atoms with Crippen molar-refractivity contribution >= 4 is 38.4 Å². The van der Waals surface area contributed by atoms with E-state index in [-0.39, 0.29) is 50.7 Å². The molecule has 0 aromatic rings. The minimum Gasteiger partial charge on any atom is -0.463 e. The molecule has 0 fully saturated rings. The molecule has 0 aliphatic rings. The Bertz CT molecular complexity index is 862. The van der Waals surface area contributed by atoms with Gasteiger partial charge in [0.05, 0.1) is 23.8 Å². The van der Waals surface area contributed by atoms with Gasteiger partial charge in [-0.05, 0) is 52.7 Å². The van der Waals surface area contributed by atoms with Crippen molar-refractivity contribution in [3.63, 3.8) is 0 Å². The maximum absolute atomic E-state index is 12.5. The van der Waals surface area contributed by atoms with Gasteiger partial charge in [0.2, 0.25) is 5.91 Å². The number of thioether (sulfide) groups is 1. The smallest absolute Gasteiger partial charge is 0.463 e. The molecule has 0 spiro atoms. The first-order chi connectivity index (χ1) is 20.8. The van der Waals surface area contributed by atoms with Gasteiger partial charge < -0.3 is 44.0 Å². The predicted octanol–water partition coefficient (Wildman–Crippen LogP) is 2.36. The van der Waals surface area contributed by atoms with Gasteiger partial charge in [0.1, 0.15) is 25.5 Å². The van der Waals surface area contributed by atoms with E-state index < -0.39 is 44.4 Å². The van der Waals surface area contributed by atoms with Crippen LogP contribution in [-0.4, -0.2) is 100 Å². The summed E-state index contributed by atoms with van der Waals surface area (Å²) in [4.78, 5) is 36.8. The van der Waals surface area contributed by atoms with Gasteiger partial charge in [-0.25, -0.2) is 0 Å². The number of carbonyl (C=O) groups excluding carboxylic acids is 3. The zero-order chi connectivity index (χ0) is 33.6. The number of esters is 2. The van der Waals surface area contributed by atoms with Gasteiger partial charge in [-0.1, -0.05) is 13.8 Å². The quantitative estimate of drug-likeness (QED) is 0.0455. The van der Waals surface area contributed by atoms with Gasteiger partial charge in [0, 0.05) is 50.5 Å². The fourth-order valence-corrected chi connectivity index (χ4v) is 7.79. The summed E-state index contributed by atoms with van der Waals surface area (Å²) in [5.41, 5.74) is 4.45. The van der Waals surface area contributed by atoms with Crippen molar-refractivity contribution in [2.24, 2.45) is 23.0 Å². The molecule has 0 radical (unpaired) electrons. The first kappa shape index (κ1) is 42.2. The van der Waals surface area contributed by atoms with Gasteiger partial charge in [-0.2, -0.15) is 17.0 Å². The molecule has 0 aromatic carbocycles. The highest BCUT2D eigenvalue weighted by Gasteiger charge is 2.39. The molecule has 44 heavy (non-hydrogen) atoms. The third kappa shape index (κ3) is 18.9. The van der Waals surface area contributed by atoms with Crippen LogP contribution in [0.15, 0.2) is 0 Å². The van der Waals surface area contributed by atoms with Gasteiger partial charge in [-0.3, -0.25) is 14.4 Å². The average Bonchev–Trinajstić information content (AvgIpc) is 2.98. The van der Waals surface area contributed by atoms with Gasteiger partial charge in [0.25, 0.3) is 0 Å². The highest BCUT2D eigenvalue weighted by atomic mass is 32.2. The molecule has 0 heterocycles. The molecule has 0 rings (SSSR count). The zero-order valence-electron chi connectivity index (χ0n) is 27.3. The standard InChI is InChI=1S/C29H55N3O10SSi/c1-7-40-44(41-8-2,42-9-3)16-10-14-32-25(34)11-13-29(6,21-30)17-22(4)28(37)39-19-24(33)18-38-26(35)12-15-43-20-23(5)27(31)36/h22-24,27,33,36H,7-20,31H2,1-6H3,(H,32,34). The second-order valence-electron chi connectivity index (χ2n) is 11.0. The van der Waals surface area contributed by atoms with Crippen LogP contribution in [0.3, 0.4) is 0 Å². The summed E-state index contributed by atoms with van der Waals surface area (Å²) in [6, 6.07) is 2.80. The van der Waals surface area contributed by atoms with E-state index in [1.807, 2.05) is 20.8 Å². The summed E-state index contributed by atoms with van der Waals surface area (Å²) in [6.45, 7) is 12.0. The molecule has 0 saturated heterocycles. The molecule has 0 aromatic heterocycles. The number of ether oxygens (including phenoxy) is 2. The Morgan fingerprint density at radius 1 is 1.02 bits per heavy atom. The number of hydrogen-bond donors (Lipinski definition) is 4. The number of nitrogens with one attached hydrogen (secondary N) is 1. The Morgan fingerprint density at radius 2 is 1.61 bits per heavy atom. The van der Waals surface area contributed by atoms with Gasteiger partial charge in [-0.15, -0.1) is 0 Å². The molecular weight excluding hydrogens is 610 g/mol. The Kier molecular flexibility index (Phi) is 22.6. The normalized spacial score (nSPS) is 15.7. The third-order valence-electron chi connectivity index (χ3n) is 6.68. The molecule has 0 aliphatic heterocycles. The molecule has 15 heteroatoms. The van der Waals surface area contributed by atoms with Crippen LogP contribution in [0.5, 0.6) is 0 Å². The summed E-state index contributed by atoms with van der Waals surface area (Å²) in [5.74, 6) is -0.964. The second-order valence-corrected chi connectivity index (χ2v) is 14.9. The third-order valence-corrected chi connectivity index (χ3v) is 11.1. The molecule has 13 nitrogen and oxygen atoms in total.